The Morgan fingerprint density at radius 3 is 2.68 bits per heavy atom. The highest BCUT2D eigenvalue weighted by atomic mass is 32.1. The van der Waals surface area contributed by atoms with Crippen LogP contribution in [0.25, 0.3) is 10.4 Å². The second-order valence-corrected chi connectivity index (χ2v) is 6.43. The van der Waals surface area contributed by atoms with Gasteiger partial charge in [-0.3, -0.25) is 0 Å². The van der Waals surface area contributed by atoms with Gasteiger partial charge in [0.1, 0.15) is 0 Å². The first kappa shape index (κ1) is 15.5. The summed E-state index contributed by atoms with van der Waals surface area (Å²) in [4.78, 5) is 8.20. The summed E-state index contributed by atoms with van der Waals surface area (Å²) >= 11 is 1.77. The van der Waals surface area contributed by atoms with Crippen LogP contribution in [0.1, 0.15) is 12.8 Å². The molecule has 0 N–H and O–H groups in total. The molecule has 0 aliphatic carbocycles. The lowest BCUT2D eigenvalue weighted by molar-refractivity contribution is 0.00610. The van der Waals surface area contributed by atoms with E-state index in [1.807, 2.05) is 12.3 Å². The van der Waals surface area contributed by atoms with Crippen molar-refractivity contribution in [2.45, 2.75) is 18.9 Å². The van der Waals surface area contributed by atoms with Crippen LogP contribution in [0.5, 0.6) is 0 Å². The second kappa shape index (κ2) is 7.72. The molecule has 0 unspecified atom stereocenters. The van der Waals surface area contributed by atoms with Crippen molar-refractivity contribution in [3.8, 4) is 10.4 Å². The quantitative estimate of drug-likeness (QED) is 0.764. The molecule has 0 spiro atoms. The third kappa shape index (κ3) is 3.85. The van der Waals surface area contributed by atoms with Crippen molar-refractivity contribution in [1.82, 2.24) is 4.98 Å². The highest BCUT2D eigenvalue weighted by molar-refractivity contribution is 7.18. The van der Waals surface area contributed by atoms with Gasteiger partial charge in [0.05, 0.1) is 24.2 Å². The Morgan fingerprint density at radius 2 is 1.95 bits per heavy atom. The zero-order valence-electron chi connectivity index (χ0n) is 12.9. The summed E-state index contributed by atoms with van der Waals surface area (Å²) in [7, 11) is 1.71. The summed E-state index contributed by atoms with van der Waals surface area (Å²) in [5, 5.41) is 1.12. The van der Waals surface area contributed by atoms with Crippen molar-refractivity contribution in [2.24, 2.45) is 0 Å². The number of aromatic nitrogens is 1. The molecule has 2 heterocycles. The van der Waals surface area contributed by atoms with Crippen molar-refractivity contribution in [1.29, 1.82) is 0 Å². The minimum absolute atomic E-state index is 0.361. The van der Waals surface area contributed by atoms with E-state index in [-0.39, 0.29) is 0 Å². The fraction of sp³-hybridized carbons (Fsp3) is 0.471. The Labute approximate surface area is 135 Å². The summed E-state index contributed by atoms with van der Waals surface area (Å²) in [5.41, 5.74) is 1.24. The molecular weight excluding hydrogens is 296 g/mol. The van der Waals surface area contributed by atoms with Crippen LogP contribution in [0.4, 0.5) is 5.13 Å². The zero-order valence-corrected chi connectivity index (χ0v) is 13.7. The number of piperidine rings is 1. The number of thiazole rings is 1. The van der Waals surface area contributed by atoms with E-state index in [1.54, 1.807) is 18.4 Å². The number of hydrogen-bond donors (Lipinski definition) is 0. The van der Waals surface area contributed by atoms with E-state index in [0.717, 1.165) is 31.1 Å². The highest BCUT2D eigenvalue weighted by Crippen LogP contribution is 2.32. The Balaban J connectivity index is 1.55. The summed E-state index contributed by atoms with van der Waals surface area (Å²) in [6.07, 6.45) is 4.46. The molecule has 1 aliphatic heterocycles. The Hall–Kier alpha value is -1.43. The van der Waals surface area contributed by atoms with Gasteiger partial charge in [-0.25, -0.2) is 4.98 Å². The first-order valence-electron chi connectivity index (χ1n) is 7.73. The molecule has 1 saturated heterocycles. The Morgan fingerprint density at radius 1 is 1.18 bits per heavy atom. The Kier molecular flexibility index (Phi) is 5.43. The zero-order chi connectivity index (χ0) is 15.2. The van der Waals surface area contributed by atoms with Crippen molar-refractivity contribution in [3.63, 3.8) is 0 Å². The van der Waals surface area contributed by atoms with Crippen LogP contribution in [0.2, 0.25) is 0 Å². The Bertz CT molecular complexity index is 565. The van der Waals surface area contributed by atoms with E-state index in [4.69, 9.17) is 9.47 Å². The SMILES string of the molecule is COCCOC1CCN(c2ncc(-c3ccccc3)s2)CC1. The van der Waals surface area contributed by atoms with Gasteiger partial charge in [0.2, 0.25) is 0 Å². The molecule has 4 nitrogen and oxygen atoms in total. The molecule has 5 heteroatoms. The van der Waals surface area contributed by atoms with Gasteiger partial charge in [-0.15, -0.1) is 0 Å². The average Bonchev–Trinajstić information content (AvgIpc) is 3.07. The first-order chi connectivity index (χ1) is 10.9. The largest absolute Gasteiger partial charge is 0.382 e. The number of rotatable bonds is 6. The van der Waals surface area contributed by atoms with Crippen molar-refractivity contribution < 1.29 is 9.47 Å². The summed E-state index contributed by atoms with van der Waals surface area (Å²) in [6, 6.07) is 10.4. The van der Waals surface area contributed by atoms with Crippen molar-refractivity contribution >= 4 is 16.5 Å². The standard InChI is InChI=1S/C17H22N2O2S/c1-20-11-12-21-15-7-9-19(10-8-15)17-18-13-16(22-17)14-5-3-2-4-6-14/h2-6,13,15H,7-12H2,1H3. The van der Waals surface area contributed by atoms with E-state index in [9.17, 15) is 0 Å². The fourth-order valence-electron chi connectivity index (χ4n) is 2.66. The third-order valence-electron chi connectivity index (χ3n) is 3.91. The molecule has 0 atom stereocenters. The molecule has 1 aliphatic rings. The van der Waals surface area contributed by atoms with Gasteiger partial charge in [-0.2, -0.15) is 0 Å². The van der Waals surface area contributed by atoms with Gasteiger partial charge < -0.3 is 14.4 Å². The second-order valence-electron chi connectivity index (χ2n) is 5.42. The molecular formula is C17H22N2O2S. The van der Waals surface area contributed by atoms with Gasteiger partial charge in [-0.1, -0.05) is 41.7 Å². The summed E-state index contributed by atoms with van der Waals surface area (Å²) in [6.45, 7) is 3.39. The van der Waals surface area contributed by atoms with Crippen molar-refractivity contribution in [3.05, 3.63) is 36.5 Å². The monoisotopic (exact) mass is 318 g/mol. The molecule has 118 valence electrons. The lowest BCUT2D eigenvalue weighted by atomic mass is 10.1. The van der Waals surface area contributed by atoms with E-state index in [2.05, 4.69) is 34.1 Å². The van der Waals surface area contributed by atoms with Gasteiger partial charge in [0.15, 0.2) is 5.13 Å². The number of ether oxygens (including phenoxy) is 2. The highest BCUT2D eigenvalue weighted by Gasteiger charge is 2.21. The van der Waals surface area contributed by atoms with Crippen LogP contribution in [0.3, 0.4) is 0 Å². The van der Waals surface area contributed by atoms with E-state index >= 15 is 0 Å². The van der Waals surface area contributed by atoms with E-state index in [1.165, 1.54) is 10.4 Å². The fourth-order valence-corrected chi connectivity index (χ4v) is 3.63. The van der Waals surface area contributed by atoms with E-state index < -0.39 is 0 Å². The molecule has 0 saturated carbocycles. The topological polar surface area (TPSA) is 34.6 Å². The van der Waals surface area contributed by atoms with Crippen LogP contribution in [0.15, 0.2) is 36.5 Å². The maximum absolute atomic E-state index is 5.81. The summed E-state index contributed by atoms with van der Waals surface area (Å²) < 4.78 is 10.8. The van der Waals surface area contributed by atoms with Gasteiger partial charge in [-0.05, 0) is 18.4 Å². The molecule has 1 fully saturated rings. The molecule has 0 radical (unpaired) electrons. The van der Waals surface area contributed by atoms with Crippen LogP contribution < -0.4 is 4.90 Å². The van der Waals surface area contributed by atoms with Gasteiger partial charge in [0, 0.05) is 26.4 Å². The van der Waals surface area contributed by atoms with Gasteiger partial charge in [0.25, 0.3) is 0 Å². The number of methoxy groups -OCH3 is 1. The molecule has 22 heavy (non-hydrogen) atoms. The van der Waals surface area contributed by atoms with Crippen LogP contribution >= 0.6 is 11.3 Å². The van der Waals surface area contributed by atoms with Crippen LogP contribution in [-0.2, 0) is 9.47 Å². The smallest absolute Gasteiger partial charge is 0.185 e. The lowest BCUT2D eigenvalue weighted by Crippen LogP contribution is -2.37. The number of hydrogen-bond acceptors (Lipinski definition) is 5. The average molecular weight is 318 g/mol. The molecule has 0 bridgehead atoms. The first-order valence-corrected chi connectivity index (χ1v) is 8.55. The predicted octanol–water partition coefficient (Wildman–Crippen LogP) is 3.44. The molecule has 2 aromatic rings. The maximum Gasteiger partial charge on any atom is 0.185 e. The molecule has 3 rings (SSSR count). The number of anilines is 1. The minimum Gasteiger partial charge on any atom is -0.382 e. The van der Waals surface area contributed by atoms with Crippen LogP contribution in [0, 0.1) is 0 Å². The third-order valence-corrected chi connectivity index (χ3v) is 5.01. The molecule has 0 amide bonds. The number of benzene rings is 1. The predicted molar refractivity (Wildman–Crippen MR) is 90.6 cm³/mol. The molecule has 1 aromatic heterocycles. The number of nitrogens with zero attached hydrogens (tertiary/aromatic N) is 2. The summed E-state index contributed by atoms with van der Waals surface area (Å²) in [5.74, 6) is 0. The van der Waals surface area contributed by atoms with Crippen LogP contribution in [-0.4, -0.2) is 44.5 Å². The van der Waals surface area contributed by atoms with Gasteiger partial charge >= 0.3 is 0 Å². The lowest BCUT2D eigenvalue weighted by Gasteiger charge is -2.31. The van der Waals surface area contributed by atoms with Crippen molar-refractivity contribution in [2.75, 3.05) is 38.3 Å². The minimum atomic E-state index is 0.361. The maximum atomic E-state index is 5.81. The normalized spacial score (nSPS) is 16.1. The van der Waals surface area contributed by atoms with E-state index in [0.29, 0.717) is 19.3 Å². The molecule has 1 aromatic carbocycles.